The number of thiocarbonyl (C=S) groups is 1. The second kappa shape index (κ2) is 5.60. The van der Waals surface area contributed by atoms with Crippen LogP contribution >= 0.6 is 39.5 Å². The van der Waals surface area contributed by atoms with Gasteiger partial charge in [0.1, 0.15) is 4.99 Å². The van der Waals surface area contributed by atoms with Crippen molar-refractivity contribution in [3.63, 3.8) is 0 Å². The Morgan fingerprint density at radius 2 is 1.94 bits per heavy atom. The first-order chi connectivity index (χ1) is 8.56. The number of hydrogen-bond donors (Lipinski definition) is 2. The van der Waals surface area contributed by atoms with Crippen molar-refractivity contribution in [2.45, 2.75) is 0 Å². The Labute approximate surface area is 122 Å². The first-order valence-electron chi connectivity index (χ1n) is 5.01. The van der Waals surface area contributed by atoms with Crippen LogP contribution in [0.2, 0.25) is 0 Å². The second-order valence-electron chi connectivity index (χ2n) is 3.54. The number of hydrogen-bond acceptors (Lipinski definition) is 3. The van der Waals surface area contributed by atoms with Crippen LogP contribution in [0.1, 0.15) is 15.9 Å². The van der Waals surface area contributed by atoms with Gasteiger partial charge in [-0.25, -0.2) is 0 Å². The van der Waals surface area contributed by atoms with Crippen molar-refractivity contribution in [2.24, 2.45) is 5.73 Å². The molecule has 1 heterocycles. The minimum absolute atomic E-state index is 0.139. The number of nitrogens with two attached hydrogens (primary N) is 1. The SMILES string of the molecule is NC(=S)c1ccc(NC(=O)c2csc(Br)c2)cc1. The summed E-state index contributed by atoms with van der Waals surface area (Å²) >= 11 is 9.65. The van der Waals surface area contributed by atoms with Gasteiger partial charge >= 0.3 is 0 Å². The van der Waals surface area contributed by atoms with Crippen molar-refractivity contribution < 1.29 is 4.79 Å². The lowest BCUT2D eigenvalue weighted by molar-refractivity contribution is 0.102. The maximum Gasteiger partial charge on any atom is 0.256 e. The molecule has 0 atom stereocenters. The number of anilines is 1. The van der Waals surface area contributed by atoms with Gasteiger partial charge in [0.2, 0.25) is 0 Å². The number of rotatable bonds is 3. The summed E-state index contributed by atoms with van der Waals surface area (Å²) in [6.45, 7) is 0. The number of thiophene rings is 1. The zero-order valence-corrected chi connectivity index (χ0v) is 12.4. The topological polar surface area (TPSA) is 55.1 Å². The number of amides is 1. The predicted molar refractivity (Wildman–Crippen MR) is 82.3 cm³/mol. The summed E-state index contributed by atoms with van der Waals surface area (Å²) in [5.41, 5.74) is 7.62. The molecule has 0 saturated heterocycles. The summed E-state index contributed by atoms with van der Waals surface area (Å²) in [5, 5.41) is 4.59. The molecule has 18 heavy (non-hydrogen) atoms. The molecule has 2 rings (SSSR count). The molecule has 92 valence electrons. The third-order valence-electron chi connectivity index (χ3n) is 2.26. The van der Waals surface area contributed by atoms with E-state index < -0.39 is 0 Å². The van der Waals surface area contributed by atoms with Gasteiger partial charge in [-0.05, 0) is 46.3 Å². The first kappa shape index (κ1) is 13.2. The Kier molecular flexibility index (Phi) is 4.11. The van der Waals surface area contributed by atoms with E-state index in [-0.39, 0.29) is 5.91 Å². The monoisotopic (exact) mass is 340 g/mol. The highest BCUT2D eigenvalue weighted by atomic mass is 79.9. The highest BCUT2D eigenvalue weighted by molar-refractivity contribution is 9.11. The molecule has 6 heteroatoms. The van der Waals surface area contributed by atoms with Gasteiger partial charge in [0.15, 0.2) is 0 Å². The molecule has 2 aromatic rings. The predicted octanol–water partition coefficient (Wildman–Crippen LogP) is 3.40. The van der Waals surface area contributed by atoms with E-state index in [1.54, 1.807) is 35.7 Å². The molecule has 0 fully saturated rings. The zero-order chi connectivity index (χ0) is 13.1. The molecule has 0 bridgehead atoms. The average molecular weight is 341 g/mol. The number of nitrogens with one attached hydrogen (secondary N) is 1. The summed E-state index contributed by atoms with van der Waals surface area (Å²) in [6.07, 6.45) is 0. The van der Waals surface area contributed by atoms with Crippen LogP contribution in [-0.4, -0.2) is 10.9 Å². The van der Waals surface area contributed by atoms with Gasteiger partial charge in [0.05, 0.1) is 9.35 Å². The third kappa shape index (κ3) is 3.16. The lowest BCUT2D eigenvalue weighted by Crippen LogP contribution is -2.12. The zero-order valence-electron chi connectivity index (χ0n) is 9.14. The van der Waals surface area contributed by atoms with E-state index in [2.05, 4.69) is 21.2 Å². The Morgan fingerprint density at radius 3 is 2.44 bits per heavy atom. The fourth-order valence-electron chi connectivity index (χ4n) is 1.35. The molecule has 0 saturated carbocycles. The largest absolute Gasteiger partial charge is 0.389 e. The Bertz CT molecular complexity index is 592. The van der Waals surface area contributed by atoms with E-state index in [0.717, 1.165) is 9.35 Å². The molecule has 1 amide bonds. The fraction of sp³-hybridized carbons (Fsp3) is 0. The molecule has 0 aliphatic rings. The highest BCUT2D eigenvalue weighted by Gasteiger charge is 2.08. The number of carbonyl (C=O) groups is 1. The fourth-order valence-corrected chi connectivity index (χ4v) is 2.62. The molecule has 0 radical (unpaired) electrons. The maximum atomic E-state index is 11.9. The van der Waals surface area contributed by atoms with Crippen molar-refractivity contribution in [2.75, 3.05) is 5.32 Å². The van der Waals surface area contributed by atoms with Crippen LogP contribution in [0.5, 0.6) is 0 Å². The van der Waals surface area contributed by atoms with Gasteiger partial charge in [-0.1, -0.05) is 12.2 Å². The minimum atomic E-state index is -0.139. The highest BCUT2D eigenvalue weighted by Crippen LogP contribution is 2.21. The molecule has 1 aromatic heterocycles. The summed E-state index contributed by atoms with van der Waals surface area (Å²) in [5.74, 6) is -0.139. The Morgan fingerprint density at radius 1 is 1.28 bits per heavy atom. The molecular weight excluding hydrogens is 332 g/mol. The van der Waals surface area contributed by atoms with E-state index in [1.807, 2.05) is 0 Å². The molecule has 3 nitrogen and oxygen atoms in total. The van der Waals surface area contributed by atoms with Crippen LogP contribution < -0.4 is 11.1 Å². The summed E-state index contributed by atoms with van der Waals surface area (Å²) in [6, 6.07) is 8.88. The van der Waals surface area contributed by atoms with Crippen LogP contribution in [0.3, 0.4) is 0 Å². The second-order valence-corrected chi connectivity index (χ2v) is 6.27. The smallest absolute Gasteiger partial charge is 0.256 e. The van der Waals surface area contributed by atoms with Crippen LogP contribution in [0.15, 0.2) is 39.5 Å². The first-order valence-corrected chi connectivity index (χ1v) is 7.09. The van der Waals surface area contributed by atoms with Crippen LogP contribution in [0.25, 0.3) is 0 Å². The Balaban J connectivity index is 2.10. The van der Waals surface area contributed by atoms with Gasteiger partial charge in [-0.3, -0.25) is 4.79 Å². The van der Waals surface area contributed by atoms with Gasteiger partial charge in [0.25, 0.3) is 5.91 Å². The van der Waals surface area contributed by atoms with Crippen LogP contribution in [0, 0.1) is 0 Å². The standard InChI is InChI=1S/C12H9BrN2OS2/c13-10-5-8(6-18-10)12(16)15-9-3-1-7(2-4-9)11(14)17/h1-6H,(H2,14,17)(H,15,16). The lowest BCUT2D eigenvalue weighted by Gasteiger charge is -2.04. The van der Waals surface area contributed by atoms with Crippen LogP contribution in [-0.2, 0) is 0 Å². The van der Waals surface area contributed by atoms with Crippen molar-refractivity contribution in [1.82, 2.24) is 0 Å². The molecular formula is C12H9BrN2OS2. The van der Waals surface area contributed by atoms with E-state index in [1.165, 1.54) is 11.3 Å². The summed E-state index contributed by atoms with van der Waals surface area (Å²) in [4.78, 5) is 12.2. The minimum Gasteiger partial charge on any atom is -0.389 e. The van der Waals surface area contributed by atoms with E-state index in [9.17, 15) is 4.79 Å². The quantitative estimate of drug-likeness (QED) is 0.842. The molecule has 0 spiro atoms. The molecule has 3 N–H and O–H groups in total. The molecule has 0 aliphatic carbocycles. The van der Waals surface area contributed by atoms with E-state index in [0.29, 0.717) is 16.2 Å². The van der Waals surface area contributed by atoms with Crippen molar-refractivity contribution in [3.8, 4) is 0 Å². The molecule has 1 aromatic carbocycles. The average Bonchev–Trinajstić information content (AvgIpc) is 2.76. The van der Waals surface area contributed by atoms with E-state index in [4.69, 9.17) is 18.0 Å². The van der Waals surface area contributed by atoms with Crippen molar-refractivity contribution in [1.29, 1.82) is 0 Å². The summed E-state index contributed by atoms with van der Waals surface area (Å²) < 4.78 is 0.927. The summed E-state index contributed by atoms with van der Waals surface area (Å²) in [7, 11) is 0. The normalized spacial score (nSPS) is 10.1. The van der Waals surface area contributed by atoms with Gasteiger partial charge in [-0.2, -0.15) is 0 Å². The van der Waals surface area contributed by atoms with E-state index >= 15 is 0 Å². The maximum absolute atomic E-state index is 11.9. The van der Waals surface area contributed by atoms with Crippen LogP contribution in [0.4, 0.5) is 5.69 Å². The van der Waals surface area contributed by atoms with Gasteiger partial charge in [-0.15, -0.1) is 11.3 Å². The molecule has 0 unspecified atom stereocenters. The number of halogens is 1. The lowest BCUT2D eigenvalue weighted by atomic mass is 10.2. The molecule has 0 aliphatic heterocycles. The Hall–Kier alpha value is -1.24. The number of carbonyl (C=O) groups excluding carboxylic acids is 1. The van der Waals surface area contributed by atoms with Crippen molar-refractivity contribution in [3.05, 3.63) is 50.6 Å². The third-order valence-corrected chi connectivity index (χ3v) is 4.00. The van der Waals surface area contributed by atoms with Gasteiger partial charge in [0, 0.05) is 16.6 Å². The van der Waals surface area contributed by atoms with Crippen molar-refractivity contribution >= 4 is 56.1 Å². The van der Waals surface area contributed by atoms with Gasteiger partial charge < -0.3 is 11.1 Å². The number of benzene rings is 1.